The first kappa shape index (κ1) is 10.4. The van der Waals surface area contributed by atoms with Crippen molar-refractivity contribution >= 4 is 0 Å². The van der Waals surface area contributed by atoms with Gasteiger partial charge in [0.15, 0.2) is 0 Å². The Morgan fingerprint density at radius 3 is 2.43 bits per heavy atom. The van der Waals surface area contributed by atoms with Gasteiger partial charge >= 0.3 is 0 Å². The Morgan fingerprint density at radius 1 is 1.07 bits per heavy atom. The maximum atomic E-state index is 5.98. The third-order valence-corrected chi connectivity index (χ3v) is 4.10. The average Bonchev–Trinajstić information content (AvgIpc) is 2.51. The molecule has 1 saturated heterocycles. The van der Waals surface area contributed by atoms with Crippen LogP contribution in [0.15, 0.2) is 0 Å². The maximum absolute atomic E-state index is 5.98. The number of hydrogen-bond acceptors (Lipinski definition) is 2. The Bertz CT molecular complexity index is 193. The predicted molar refractivity (Wildman–Crippen MR) is 60.2 cm³/mol. The van der Waals surface area contributed by atoms with Gasteiger partial charge in [-0.1, -0.05) is 6.92 Å². The smallest absolute Gasteiger partial charge is 0.0113 e. The Kier molecular flexibility index (Phi) is 3.13. The Balaban J connectivity index is 1.91. The molecule has 1 saturated carbocycles. The molecular weight excluding hydrogens is 172 g/mol. The fourth-order valence-corrected chi connectivity index (χ4v) is 3.26. The molecule has 0 amide bonds. The minimum atomic E-state index is 0.478. The highest BCUT2D eigenvalue weighted by molar-refractivity contribution is 4.89. The van der Waals surface area contributed by atoms with Gasteiger partial charge in [0, 0.05) is 18.1 Å². The van der Waals surface area contributed by atoms with Gasteiger partial charge in [0.05, 0.1) is 0 Å². The van der Waals surface area contributed by atoms with Gasteiger partial charge in [-0.3, -0.25) is 4.90 Å². The van der Waals surface area contributed by atoms with Gasteiger partial charge in [-0.2, -0.15) is 0 Å². The van der Waals surface area contributed by atoms with Crippen LogP contribution < -0.4 is 5.73 Å². The molecule has 0 spiro atoms. The van der Waals surface area contributed by atoms with Gasteiger partial charge in [0.1, 0.15) is 0 Å². The summed E-state index contributed by atoms with van der Waals surface area (Å²) in [5.41, 5.74) is 5.98. The largest absolute Gasteiger partial charge is 0.328 e. The van der Waals surface area contributed by atoms with E-state index in [4.69, 9.17) is 5.73 Å². The number of nitrogens with zero attached hydrogens (tertiary/aromatic N) is 1. The molecule has 0 bridgehead atoms. The Morgan fingerprint density at radius 2 is 1.86 bits per heavy atom. The summed E-state index contributed by atoms with van der Waals surface area (Å²) in [5.74, 6) is 0.927. The van der Waals surface area contributed by atoms with Crippen molar-refractivity contribution in [1.82, 2.24) is 4.90 Å². The van der Waals surface area contributed by atoms with Gasteiger partial charge in [0.2, 0.25) is 0 Å². The van der Waals surface area contributed by atoms with Crippen molar-refractivity contribution in [3.05, 3.63) is 0 Å². The van der Waals surface area contributed by atoms with E-state index in [9.17, 15) is 0 Å². The van der Waals surface area contributed by atoms with Crippen LogP contribution in [0.2, 0.25) is 0 Å². The molecule has 0 radical (unpaired) electrons. The molecule has 2 aliphatic rings. The van der Waals surface area contributed by atoms with Crippen molar-refractivity contribution in [2.75, 3.05) is 6.54 Å². The normalized spacial score (nSPS) is 45.6. The lowest BCUT2D eigenvalue weighted by Crippen LogP contribution is -2.46. The van der Waals surface area contributed by atoms with E-state index in [-0.39, 0.29) is 0 Å². The fourth-order valence-electron chi connectivity index (χ4n) is 3.26. The van der Waals surface area contributed by atoms with E-state index in [1.54, 1.807) is 0 Å². The molecule has 4 atom stereocenters. The molecule has 0 aromatic rings. The number of likely N-dealkylation sites (tertiary alicyclic amines) is 1. The molecule has 1 aliphatic heterocycles. The summed E-state index contributed by atoms with van der Waals surface area (Å²) in [6, 6.07) is 2.06. The van der Waals surface area contributed by atoms with E-state index in [1.807, 2.05) is 0 Å². The Labute approximate surface area is 87.8 Å². The Hall–Kier alpha value is -0.0800. The fraction of sp³-hybridized carbons (Fsp3) is 1.00. The molecular formula is C12H24N2. The lowest BCUT2D eigenvalue weighted by atomic mass is 9.92. The average molecular weight is 196 g/mol. The van der Waals surface area contributed by atoms with Crippen molar-refractivity contribution < 1.29 is 0 Å². The van der Waals surface area contributed by atoms with Gasteiger partial charge in [-0.05, 0) is 51.5 Å². The first-order valence-electron chi connectivity index (χ1n) is 6.18. The van der Waals surface area contributed by atoms with E-state index in [2.05, 4.69) is 18.7 Å². The summed E-state index contributed by atoms with van der Waals surface area (Å²) in [5, 5.41) is 0. The van der Waals surface area contributed by atoms with Crippen molar-refractivity contribution in [3.63, 3.8) is 0 Å². The summed E-state index contributed by atoms with van der Waals surface area (Å²) in [6.07, 6.45) is 6.57. The molecule has 2 heteroatoms. The van der Waals surface area contributed by atoms with E-state index >= 15 is 0 Å². The zero-order valence-corrected chi connectivity index (χ0v) is 9.58. The number of nitrogens with two attached hydrogens (primary N) is 1. The summed E-state index contributed by atoms with van der Waals surface area (Å²) in [7, 11) is 0. The summed E-state index contributed by atoms with van der Waals surface area (Å²) < 4.78 is 0. The van der Waals surface area contributed by atoms with Crippen molar-refractivity contribution in [2.45, 2.75) is 64.1 Å². The highest BCUT2D eigenvalue weighted by atomic mass is 15.2. The number of rotatable bonds is 1. The molecule has 0 aromatic carbocycles. The predicted octanol–water partition coefficient (Wildman–Crippen LogP) is 1.99. The third-order valence-electron chi connectivity index (χ3n) is 4.10. The first-order valence-corrected chi connectivity index (χ1v) is 6.18. The van der Waals surface area contributed by atoms with Crippen molar-refractivity contribution in [3.8, 4) is 0 Å². The lowest BCUT2D eigenvalue weighted by Gasteiger charge is -2.40. The van der Waals surface area contributed by atoms with E-state index in [0.29, 0.717) is 6.04 Å². The molecule has 2 nitrogen and oxygen atoms in total. The standard InChI is InChI=1S/C12H24N2/c1-9-5-6-14(10(2)7-9)12-4-3-11(13)8-12/h9-12H,3-8,13H2,1-2H3. The second kappa shape index (κ2) is 4.19. The molecule has 2 N–H and O–H groups in total. The van der Waals surface area contributed by atoms with Crippen LogP contribution in [-0.2, 0) is 0 Å². The monoisotopic (exact) mass is 196 g/mol. The van der Waals surface area contributed by atoms with Crippen LogP contribution in [0, 0.1) is 5.92 Å². The molecule has 0 aromatic heterocycles. The zero-order valence-electron chi connectivity index (χ0n) is 9.58. The lowest BCUT2D eigenvalue weighted by molar-refractivity contribution is 0.0837. The minimum Gasteiger partial charge on any atom is -0.328 e. The SMILES string of the molecule is CC1CCN(C2CCC(N)C2)C(C)C1. The topological polar surface area (TPSA) is 29.3 Å². The quantitative estimate of drug-likeness (QED) is 0.695. The van der Waals surface area contributed by atoms with Gasteiger partial charge in [-0.25, -0.2) is 0 Å². The molecule has 14 heavy (non-hydrogen) atoms. The van der Waals surface area contributed by atoms with Crippen molar-refractivity contribution in [1.29, 1.82) is 0 Å². The van der Waals surface area contributed by atoms with Crippen LogP contribution in [0.5, 0.6) is 0 Å². The second-order valence-corrected chi connectivity index (χ2v) is 5.44. The highest BCUT2D eigenvalue weighted by Crippen LogP contribution is 2.30. The van der Waals surface area contributed by atoms with Crippen LogP contribution in [0.1, 0.15) is 46.0 Å². The first-order chi connectivity index (χ1) is 6.66. The summed E-state index contributed by atoms with van der Waals surface area (Å²) in [4.78, 5) is 2.72. The minimum absolute atomic E-state index is 0.478. The molecule has 1 aliphatic carbocycles. The van der Waals surface area contributed by atoms with Gasteiger partial charge in [-0.15, -0.1) is 0 Å². The number of piperidine rings is 1. The summed E-state index contributed by atoms with van der Waals surface area (Å²) >= 11 is 0. The zero-order chi connectivity index (χ0) is 10.1. The van der Waals surface area contributed by atoms with E-state index in [0.717, 1.165) is 18.0 Å². The van der Waals surface area contributed by atoms with E-state index in [1.165, 1.54) is 38.6 Å². The third kappa shape index (κ3) is 2.12. The molecule has 82 valence electrons. The molecule has 2 fully saturated rings. The summed E-state index contributed by atoms with van der Waals surface area (Å²) in [6.45, 7) is 6.08. The number of hydrogen-bond donors (Lipinski definition) is 1. The van der Waals surface area contributed by atoms with Crippen LogP contribution in [0.25, 0.3) is 0 Å². The van der Waals surface area contributed by atoms with Gasteiger partial charge in [0.25, 0.3) is 0 Å². The van der Waals surface area contributed by atoms with Crippen LogP contribution in [0.4, 0.5) is 0 Å². The van der Waals surface area contributed by atoms with E-state index < -0.39 is 0 Å². The van der Waals surface area contributed by atoms with Crippen LogP contribution >= 0.6 is 0 Å². The highest BCUT2D eigenvalue weighted by Gasteiger charge is 2.32. The van der Waals surface area contributed by atoms with Gasteiger partial charge < -0.3 is 5.73 Å². The van der Waals surface area contributed by atoms with Crippen LogP contribution in [-0.4, -0.2) is 29.6 Å². The molecule has 1 heterocycles. The molecule has 4 unspecified atom stereocenters. The second-order valence-electron chi connectivity index (χ2n) is 5.44. The maximum Gasteiger partial charge on any atom is 0.0113 e. The van der Waals surface area contributed by atoms with Crippen molar-refractivity contribution in [2.24, 2.45) is 11.7 Å². The molecule has 2 rings (SSSR count). The van der Waals surface area contributed by atoms with Crippen LogP contribution in [0.3, 0.4) is 0 Å².